The molecule has 2 rings (SSSR count). The number of rotatable bonds is 4. The lowest BCUT2D eigenvalue weighted by molar-refractivity contribution is -0.132. The highest BCUT2D eigenvalue weighted by Crippen LogP contribution is 2.12. The van der Waals surface area contributed by atoms with Crippen molar-refractivity contribution in [3.63, 3.8) is 0 Å². The minimum absolute atomic E-state index is 0.124. The van der Waals surface area contributed by atoms with E-state index in [0.717, 1.165) is 43.9 Å². The number of aryl methyl sites for hydroxylation is 1. The van der Waals surface area contributed by atoms with E-state index in [4.69, 9.17) is 5.73 Å². The van der Waals surface area contributed by atoms with Gasteiger partial charge in [0.05, 0.1) is 6.04 Å². The Kier molecular flexibility index (Phi) is 5.73. The molecule has 2 N–H and O–H groups in total. The van der Waals surface area contributed by atoms with E-state index in [0.29, 0.717) is 0 Å². The van der Waals surface area contributed by atoms with Gasteiger partial charge in [0.15, 0.2) is 0 Å². The molecular weight excluding hydrogens is 256 g/mol. The molecule has 1 aliphatic rings. The highest BCUT2D eigenvalue weighted by atomic mass is 32.2. The van der Waals surface area contributed by atoms with Gasteiger partial charge in [0.2, 0.25) is 5.91 Å². The summed E-state index contributed by atoms with van der Waals surface area (Å²) < 4.78 is 0. The van der Waals surface area contributed by atoms with Crippen LogP contribution in [0.2, 0.25) is 0 Å². The average Bonchev–Trinajstić information content (AvgIpc) is 2.74. The first-order valence-corrected chi connectivity index (χ1v) is 8.09. The molecule has 0 aliphatic carbocycles. The lowest BCUT2D eigenvalue weighted by Crippen LogP contribution is -2.44. The summed E-state index contributed by atoms with van der Waals surface area (Å²) >= 11 is 1.92. The molecule has 1 aromatic rings. The first-order chi connectivity index (χ1) is 9.27. The summed E-state index contributed by atoms with van der Waals surface area (Å²) in [6.45, 7) is 1.72. The van der Waals surface area contributed by atoms with E-state index in [2.05, 4.69) is 12.1 Å². The van der Waals surface area contributed by atoms with Gasteiger partial charge in [-0.1, -0.05) is 30.3 Å². The highest BCUT2D eigenvalue weighted by molar-refractivity contribution is 7.99. The van der Waals surface area contributed by atoms with Gasteiger partial charge in [0.25, 0.3) is 0 Å². The van der Waals surface area contributed by atoms with E-state index < -0.39 is 0 Å². The number of benzene rings is 1. The molecule has 1 heterocycles. The van der Waals surface area contributed by atoms with Gasteiger partial charge in [-0.2, -0.15) is 11.8 Å². The SMILES string of the molecule is N[C@@H](CCc1ccccc1)C(=O)N1CCCSCC1. The Morgan fingerprint density at radius 1 is 1.26 bits per heavy atom. The minimum Gasteiger partial charge on any atom is -0.340 e. The summed E-state index contributed by atoms with van der Waals surface area (Å²) in [4.78, 5) is 14.2. The van der Waals surface area contributed by atoms with Gasteiger partial charge in [-0.15, -0.1) is 0 Å². The quantitative estimate of drug-likeness (QED) is 0.915. The molecule has 1 aliphatic heterocycles. The van der Waals surface area contributed by atoms with E-state index in [1.165, 1.54) is 5.56 Å². The molecule has 1 saturated heterocycles. The van der Waals surface area contributed by atoms with Gasteiger partial charge >= 0.3 is 0 Å². The third kappa shape index (κ3) is 4.55. The van der Waals surface area contributed by atoms with E-state index in [9.17, 15) is 4.79 Å². The van der Waals surface area contributed by atoms with Gasteiger partial charge < -0.3 is 10.6 Å². The maximum atomic E-state index is 12.3. The van der Waals surface area contributed by atoms with Crippen LogP contribution in [-0.4, -0.2) is 41.4 Å². The summed E-state index contributed by atoms with van der Waals surface area (Å²) in [5.74, 6) is 2.32. The van der Waals surface area contributed by atoms with Crippen LogP contribution < -0.4 is 5.73 Å². The normalized spacial score (nSPS) is 17.8. The van der Waals surface area contributed by atoms with Crippen LogP contribution in [0.15, 0.2) is 30.3 Å². The monoisotopic (exact) mass is 278 g/mol. The summed E-state index contributed by atoms with van der Waals surface area (Å²) in [5.41, 5.74) is 7.30. The Balaban J connectivity index is 1.81. The van der Waals surface area contributed by atoms with Crippen molar-refractivity contribution in [2.24, 2.45) is 5.73 Å². The van der Waals surface area contributed by atoms with E-state index in [1.807, 2.05) is 34.9 Å². The van der Waals surface area contributed by atoms with Crippen molar-refractivity contribution in [2.75, 3.05) is 24.6 Å². The summed E-state index contributed by atoms with van der Waals surface area (Å²) in [6.07, 6.45) is 2.69. The van der Waals surface area contributed by atoms with E-state index in [-0.39, 0.29) is 11.9 Å². The molecule has 4 heteroatoms. The molecule has 0 spiro atoms. The highest BCUT2D eigenvalue weighted by Gasteiger charge is 2.21. The number of carbonyl (C=O) groups excluding carboxylic acids is 1. The maximum Gasteiger partial charge on any atom is 0.239 e. The van der Waals surface area contributed by atoms with Crippen molar-refractivity contribution >= 4 is 17.7 Å². The van der Waals surface area contributed by atoms with Crippen molar-refractivity contribution in [2.45, 2.75) is 25.3 Å². The zero-order chi connectivity index (χ0) is 13.5. The summed E-state index contributed by atoms with van der Waals surface area (Å²) in [7, 11) is 0. The number of nitrogens with zero attached hydrogens (tertiary/aromatic N) is 1. The Hall–Kier alpha value is -1.00. The minimum atomic E-state index is -0.358. The van der Waals surface area contributed by atoms with Crippen LogP contribution >= 0.6 is 11.8 Å². The molecule has 19 heavy (non-hydrogen) atoms. The van der Waals surface area contributed by atoms with E-state index >= 15 is 0 Å². The van der Waals surface area contributed by atoms with Crippen molar-refractivity contribution < 1.29 is 4.79 Å². The maximum absolute atomic E-state index is 12.3. The third-order valence-corrected chi connectivity index (χ3v) is 4.49. The van der Waals surface area contributed by atoms with Crippen LogP contribution in [0, 0.1) is 0 Å². The first-order valence-electron chi connectivity index (χ1n) is 6.93. The molecule has 1 amide bonds. The predicted octanol–water partition coefficient (Wildman–Crippen LogP) is 1.91. The number of hydrogen-bond acceptors (Lipinski definition) is 3. The molecule has 104 valence electrons. The fraction of sp³-hybridized carbons (Fsp3) is 0.533. The molecule has 0 radical (unpaired) electrons. The van der Waals surface area contributed by atoms with Crippen molar-refractivity contribution in [1.82, 2.24) is 4.90 Å². The van der Waals surface area contributed by atoms with Gasteiger partial charge in [-0.3, -0.25) is 4.79 Å². The fourth-order valence-corrected chi connectivity index (χ4v) is 3.18. The molecule has 0 aromatic heterocycles. The predicted molar refractivity (Wildman–Crippen MR) is 81.3 cm³/mol. The standard InChI is InChI=1S/C15H22N2OS/c16-14(8-7-13-5-2-1-3-6-13)15(18)17-9-4-11-19-12-10-17/h1-3,5-6,14H,4,7-12,16H2/t14-/m0/s1. The Morgan fingerprint density at radius 2 is 2.05 bits per heavy atom. The topological polar surface area (TPSA) is 46.3 Å². The smallest absolute Gasteiger partial charge is 0.239 e. The lowest BCUT2D eigenvalue weighted by atomic mass is 10.0. The van der Waals surface area contributed by atoms with Gasteiger partial charge in [-0.05, 0) is 30.6 Å². The van der Waals surface area contributed by atoms with Gasteiger partial charge in [0, 0.05) is 18.8 Å². The number of hydrogen-bond donors (Lipinski definition) is 1. The first kappa shape index (κ1) is 14.4. The Labute approximate surface area is 119 Å². The third-order valence-electron chi connectivity index (χ3n) is 3.44. The van der Waals surface area contributed by atoms with Crippen LogP contribution in [0.1, 0.15) is 18.4 Å². The number of nitrogens with two attached hydrogens (primary N) is 1. The van der Waals surface area contributed by atoms with Gasteiger partial charge in [0.1, 0.15) is 0 Å². The van der Waals surface area contributed by atoms with E-state index in [1.54, 1.807) is 0 Å². The molecule has 0 saturated carbocycles. The number of carbonyl (C=O) groups is 1. The number of amides is 1. The van der Waals surface area contributed by atoms with Gasteiger partial charge in [-0.25, -0.2) is 0 Å². The van der Waals surface area contributed by atoms with Crippen LogP contribution in [0.5, 0.6) is 0 Å². The number of thioether (sulfide) groups is 1. The Bertz CT molecular complexity index is 388. The lowest BCUT2D eigenvalue weighted by Gasteiger charge is -2.23. The second kappa shape index (κ2) is 7.56. The summed E-state index contributed by atoms with van der Waals surface area (Å²) in [6, 6.07) is 9.86. The molecule has 1 aromatic carbocycles. The largest absolute Gasteiger partial charge is 0.340 e. The molecule has 0 bridgehead atoms. The van der Waals surface area contributed by atoms with Crippen molar-refractivity contribution in [3.05, 3.63) is 35.9 Å². The van der Waals surface area contributed by atoms with Crippen LogP contribution in [0.3, 0.4) is 0 Å². The second-order valence-electron chi connectivity index (χ2n) is 4.92. The van der Waals surface area contributed by atoms with Crippen LogP contribution in [0.25, 0.3) is 0 Å². The zero-order valence-electron chi connectivity index (χ0n) is 11.3. The zero-order valence-corrected chi connectivity index (χ0v) is 12.1. The molecule has 3 nitrogen and oxygen atoms in total. The molecule has 0 unspecified atom stereocenters. The molecule has 1 fully saturated rings. The van der Waals surface area contributed by atoms with Crippen molar-refractivity contribution in [3.8, 4) is 0 Å². The van der Waals surface area contributed by atoms with Crippen LogP contribution in [0.4, 0.5) is 0 Å². The van der Waals surface area contributed by atoms with Crippen LogP contribution in [-0.2, 0) is 11.2 Å². The average molecular weight is 278 g/mol. The Morgan fingerprint density at radius 3 is 2.84 bits per heavy atom. The van der Waals surface area contributed by atoms with Crippen molar-refractivity contribution in [1.29, 1.82) is 0 Å². The molecular formula is C15H22N2OS. The molecule has 1 atom stereocenters. The fourth-order valence-electron chi connectivity index (χ4n) is 2.29. The second-order valence-corrected chi connectivity index (χ2v) is 6.15. The summed E-state index contributed by atoms with van der Waals surface area (Å²) in [5, 5.41) is 0.